The molecule has 2 nitrogen and oxygen atoms in total. The minimum absolute atomic E-state index is 0.227. The lowest BCUT2D eigenvalue weighted by Gasteiger charge is -2.24. The molecule has 1 aromatic rings. The van der Waals surface area contributed by atoms with Crippen LogP contribution in [0.25, 0.3) is 0 Å². The third-order valence-corrected chi connectivity index (χ3v) is 3.01. The van der Waals surface area contributed by atoms with Crippen molar-refractivity contribution in [2.24, 2.45) is 5.73 Å². The first-order valence-corrected chi connectivity index (χ1v) is 5.15. The van der Waals surface area contributed by atoms with Crippen LogP contribution >= 0.6 is 0 Å². The molecule has 0 spiro atoms. The largest absolute Gasteiger partial charge is 0.497 e. The third kappa shape index (κ3) is 1.50. The summed E-state index contributed by atoms with van der Waals surface area (Å²) in [6.07, 6.45) is 3.45. The molecule has 2 rings (SSSR count). The van der Waals surface area contributed by atoms with E-state index in [-0.39, 0.29) is 6.04 Å². The second kappa shape index (κ2) is 3.62. The van der Waals surface area contributed by atoms with E-state index in [9.17, 15) is 0 Å². The Bertz CT molecular complexity index is 346. The molecular weight excluding hydrogens is 174 g/mol. The van der Waals surface area contributed by atoms with E-state index in [2.05, 4.69) is 19.1 Å². The van der Waals surface area contributed by atoms with Crippen molar-refractivity contribution in [1.82, 2.24) is 0 Å². The van der Waals surface area contributed by atoms with Crippen LogP contribution in [0.4, 0.5) is 0 Å². The van der Waals surface area contributed by atoms with Crippen molar-refractivity contribution in [1.29, 1.82) is 0 Å². The number of nitrogens with two attached hydrogens (primary N) is 1. The van der Waals surface area contributed by atoms with E-state index in [0.717, 1.165) is 18.6 Å². The Hall–Kier alpha value is -1.02. The smallest absolute Gasteiger partial charge is 0.119 e. The fourth-order valence-electron chi connectivity index (χ4n) is 2.35. The standard InChI is InChI=1S/C12H17NO/c1-8-6-10(14-2)7-9-4-3-5-11(13)12(8)9/h6-7,11H,3-5,13H2,1-2H3/t11-/m0/s1. The van der Waals surface area contributed by atoms with Crippen LogP contribution in [0.1, 0.15) is 35.6 Å². The number of aryl methyl sites for hydroxylation is 2. The normalized spacial score (nSPS) is 20.4. The highest BCUT2D eigenvalue weighted by Crippen LogP contribution is 2.33. The zero-order valence-electron chi connectivity index (χ0n) is 8.84. The monoisotopic (exact) mass is 191 g/mol. The number of hydrogen-bond acceptors (Lipinski definition) is 2. The lowest BCUT2D eigenvalue weighted by molar-refractivity contribution is 0.412. The quantitative estimate of drug-likeness (QED) is 0.739. The zero-order chi connectivity index (χ0) is 10.1. The Morgan fingerprint density at radius 2 is 2.21 bits per heavy atom. The van der Waals surface area contributed by atoms with E-state index in [1.165, 1.54) is 23.1 Å². The molecule has 0 saturated carbocycles. The van der Waals surface area contributed by atoms with Crippen LogP contribution in [0.2, 0.25) is 0 Å². The molecule has 0 radical (unpaired) electrons. The van der Waals surface area contributed by atoms with Gasteiger partial charge < -0.3 is 10.5 Å². The summed E-state index contributed by atoms with van der Waals surface area (Å²) in [6, 6.07) is 4.43. The SMILES string of the molecule is COc1cc(C)c2c(c1)CCC[C@@H]2N. The van der Waals surface area contributed by atoms with Gasteiger partial charge in [-0.3, -0.25) is 0 Å². The van der Waals surface area contributed by atoms with Crippen molar-refractivity contribution in [3.05, 3.63) is 28.8 Å². The Morgan fingerprint density at radius 3 is 2.93 bits per heavy atom. The second-order valence-electron chi connectivity index (χ2n) is 4.02. The Morgan fingerprint density at radius 1 is 1.43 bits per heavy atom. The van der Waals surface area contributed by atoms with E-state index in [1.54, 1.807) is 7.11 Å². The maximum absolute atomic E-state index is 6.10. The molecule has 14 heavy (non-hydrogen) atoms. The number of rotatable bonds is 1. The van der Waals surface area contributed by atoms with E-state index >= 15 is 0 Å². The van der Waals surface area contributed by atoms with Gasteiger partial charge in [0.25, 0.3) is 0 Å². The van der Waals surface area contributed by atoms with Gasteiger partial charge in [0.05, 0.1) is 7.11 Å². The molecule has 76 valence electrons. The highest BCUT2D eigenvalue weighted by atomic mass is 16.5. The zero-order valence-corrected chi connectivity index (χ0v) is 8.84. The van der Waals surface area contributed by atoms with Gasteiger partial charge in [-0.05, 0) is 55.0 Å². The van der Waals surface area contributed by atoms with E-state index in [0.29, 0.717) is 0 Å². The van der Waals surface area contributed by atoms with Gasteiger partial charge >= 0.3 is 0 Å². The average Bonchev–Trinajstić information content (AvgIpc) is 2.17. The van der Waals surface area contributed by atoms with Crippen LogP contribution in [0.3, 0.4) is 0 Å². The first kappa shape index (κ1) is 9.53. The molecule has 0 bridgehead atoms. The lowest BCUT2D eigenvalue weighted by atomic mass is 9.85. The third-order valence-electron chi connectivity index (χ3n) is 3.01. The summed E-state index contributed by atoms with van der Waals surface area (Å²) in [7, 11) is 1.71. The van der Waals surface area contributed by atoms with Crippen LogP contribution in [0.15, 0.2) is 12.1 Å². The minimum atomic E-state index is 0.227. The van der Waals surface area contributed by atoms with Crippen LogP contribution in [0, 0.1) is 6.92 Å². The molecule has 0 unspecified atom stereocenters. The van der Waals surface area contributed by atoms with Gasteiger partial charge in [-0.2, -0.15) is 0 Å². The maximum Gasteiger partial charge on any atom is 0.119 e. The van der Waals surface area contributed by atoms with Gasteiger partial charge in [-0.1, -0.05) is 0 Å². The molecular formula is C12H17NO. The summed E-state index contributed by atoms with van der Waals surface area (Å²) in [5.74, 6) is 0.954. The maximum atomic E-state index is 6.10. The molecule has 0 heterocycles. The van der Waals surface area contributed by atoms with Crippen molar-refractivity contribution in [2.45, 2.75) is 32.2 Å². The molecule has 0 fully saturated rings. The van der Waals surface area contributed by atoms with Gasteiger partial charge in [0.15, 0.2) is 0 Å². The summed E-state index contributed by atoms with van der Waals surface area (Å²) in [5.41, 5.74) is 10.1. The van der Waals surface area contributed by atoms with Crippen molar-refractivity contribution in [3.8, 4) is 5.75 Å². The molecule has 1 aliphatic carbocycles. The highest BCUT2D eigenvalue weighted by Gasteiger charge is 2.19. The fraction of sp³-hybridized carbons (Fsp3) is 0.500. The Balaban J connectivity index is 2.51. The predicted octanol–water partition coefficient (Wildman–Crippen LogP) is 2.34. The molecule has 1 aliphatic rings. The number of methoxy groups -OCH3 is 1. The minimum Gasteiger partial charge on any atom is -0.497 e. The van der Waals surface area contributed by atoms with Crippen LogP contribution in [0.5, 0.6) is 5.75 Å². The van der Waals surface area contributed by atoms with Crippen LogP contribution in [-0.2, 0) is 6.42 Å². The second-order valence-corrected chi connectivity index (χ2v) is 4.02. The van der Waals surface area contributed by atoms with E-state index in [1.807, 2.05) is 0 Å². The first-order chi connectivity index (χ1) is 6.72. The van der Waals surface area contributed by atoms with Crippen LogP contribution < -0.4 is 10.5 Å². The first-order valence-electron chi connectivity index (χ1n) is 5.15. The summed E-state index contributed by atoms with van der Waals surface area (Å²) in [4.78, 5) is 0. The Labute approximate surface area is 85.1 Å². The van der Waals surface area contributed by atoms with Crippen LogP contribution in [-0.4, -0.2) is 7.11 Å². The summed E-state index contributed by atoms with van der Waals surface area (Å²) in [6.45, 7) is 2.12. The summed E-state index contributed by atoms with van der Waals surface area (Å²) in [5, 5.41) is 0. The fourth-order valence-corrected chi connectivity index (χ4v) is 2.35. The van der Waals surface area contributed by atoms with Gasteiger partial charge in [0.1, 0.15) is 5.75 Å². The molecule has 2 N–H and O–H groups in total. The summed E-state index contributed by atoms with van der Waals surface area (Å²) >= 11 is 0. The molecule has 1 aromatic carbocycles. The van der Waals surface area contributed by atoms with Gasteiger partial charge in [0.2, 0.25) is 0 Å². The number of fused-ring (bicyclic) bond motifs is 1. The molecule has 0 saturated heterocycles. The molecule has 0 amide bonds. The average molecular weight is 191 g/mol. The lowest BCUT2D eigenvalue weighted by Crippen LogP contribution is -2.18. The number of benzene rings is 1. The Kier molecular flexibility index (Phi) is 2.46. The predicted molar refractivity (Wildman–Crippen MR) is 57.6 cm³/mol. The molecule has 2 heteroatoms. The topological polar surface area (TPSA) is 35.2 Å². The highest BCUT2D eigenvalue weighted by molar-refractivity contribution is 5.44. The van der Waals surface area contributed by atoms with Gasteiger partial charge in [-0.25, -0.2) is 0 Å². The number of hydrogen-bond donors (Lipinski definition) is 1. The van der Waals surface area contributed by atoms with Gasteiger partial charge in [0, 0.05) is 6.04 Å². The van der Waals surface area contributed by atoms with Crippen molar-refractivity contribution in [2.75, 3.05) is 7.11 Å². The van der Waals surface area contributed by atoms with Crippen molar-refractivity contribution >= 4 is 0 Å². The molecule has 1 atom stereocenters. The van der Waals surface area contributed by atoms with Crippen molar-refractivity contribution in [3.63, 3.8) is 0 Å². The molecule has 0 aliphatic heterocycles. The molecule has 0 aromatic heterocycles. The van der Waals surface area contributed by atoms with Gasteiger partial charge in [-0.15, -0.1) is 0 Å². The van der Waals surface area contributed by atoms with Crippen molar-refractivity contribution < 1.29 is 4.74 Å². The number of ether oxygens (including phenoxy) is 1. The van der Waals surface area contributed by atoms with E-state index in [4.69, 9.17) is 10.5 Å². The summed E-state index contributed by atoms with van der Waals surface area (Å²) < 4.78 is 5.26. The van der Waals surface area contributed by atoms with E-state index < -0.39 is 0 Å².